The monoisotopic (exact) mass is 448 g/mol. The van der Waals surface area contributed by atoms with Crippen LogP contribution >= 0.6 is 23.2 Å². The van der Waals surface area contributed by atoms with Gasteiger partial charge in [-0.3, -0.25) is 4.79 Å². The molecule has 2 aromatic carbocycles. The summed E-state index contributed by atoms with van der Waals surface area (Å²) in [5.74, 6) is -0.0524. The summed E-state index contributed by atoms with van der Waals surface area (Å²) >= 11 is 11.8. The van der Waals surface area contributed by atoms with Gasteiger partial charge < -0.3 is 10.3 Å². The fourth-order valence-electron chi connectivity index (χ4n) is 3.16. The number of hydrogen-bond acceptors (Lipinski definition) is 5. The zero-order valence-electron chi connectivity index (χ0n) is 14.8. The Balaban J connectivity index is 1.97. The van der Waals surface area contributed by atoms with E-state index in [1.165, 1.54) is 35.0 Å². The van der Waals surface area contributed by atoms with Crippen LogP contribution in [0.25, 0.3) is 10.9 Å². The molecule has 0 amide bonds. The molecule has 4 aromatic rings. The van der Waals surface area contributed by atoms with E-state index in [1.54, 1.807) is 24.3 Å². The fraction of sp³-hybridized carbons (Fsp3) is 0.0526. The SMILES string of the molecule is Nc1c(S(=O)(=O)c2ccc(Cl)cc2)c2cn[nH]c(=O)c2n1Cc1ccc(Cl)cc1. The molecule has 2 aromatic heterocycles. The molecular weight excluding hydrogens is 435 g/mol. The van der Waals surface area contributed by atoms with Gasteiger partial charge in [0.25, 0.3) is 5.56 Å². The summed E-state index contributed by atoms with van der Waals surface area (Å²) in [5.41, 5.74) is 6.65. The Kier molecular flexibility index (Phi) is 4.85. The molecule has 3 N–H and O–H groups in total. The smallest absolute Gasteiger partial charge is 0.288 e. The van der Waals surface area contributed by atoms with Crippen LogP contribution in [0.15, 0.2) is 69.3 Å². The Hall–Kier alpha value is -2.81. The highest BCUT2D eigenvalue weighted by Crippen LogP contribution is 2.35. The van der Waals surface area contributed by atoms with Crippen LogP contribution in [-0.2, 0) is 16.4 Å². The largest absolute Gasteiger partial charge is 0.384 e. The number of halogens is 2. The van der Waals surface area contributed by atoms with Crippen molar-refractivity contribution in [3.8, 4) is 0 Å². The van der Waals surface area contributed by atoms with E-state index in [1.807, 2.05) is 0 Å². The second-order valence-electron chi connectivity index (χ2n) is 6.35. The van der Waals surface area contributed by atoms with Crippen LogP contribution < -0.4 is 11.3 Å². The summed E-state index contributed by atoms with van der Waals surface area (Å²) in [6.07, 6.45) is 1.29. The predicted molar refractivity (Wildman–Crippen MR) is 112 cm³/mol. The molecule has 148 valence electrons. The molecule has 0 aliphatic rings. The molecule has 0 spiro atoms. The average Bonchev–Trinajstić information content (AvgIpc) is 2.97. The highest BCUT2D eigenvalue weighted by atomic mass is 35.5. The lowest BCUT2D eigenvalue weighted by Gasteiger charge is -2.09. The molecule has 0 bridgehead atoms. The van der Waals surface area contributed by atoms with Gasteiger partial charge in [-0.2, -0.15) is 5.10 Å². The minimum Gasteiger partial charge on any atom is -0.384 e. The van der Waals surface area contributed by atoms with E-state index in [0.717, 1.165) is 5.56 Å². The normalized spacial score (nSPS) is 11.8. The van der Waals surface area contributed by atoms with Gasteiger partial charge in [0.15, 0.2) is 0 Å². The van der Waals surface area contributed by atoms with Crippen molar-refractivity contribution in [2.45, 2.75) is 16.3 Å². The standard InChI is InChI=1S/C19H14Cl2N4O3S/c20-12-3-1-11(2-4-12)10-25-16-15(9-23-24-19(16)26)17(18(25)22)29(27,28)14-7-5-13(21)6-8-14/h1-9H,10,22H2,(H,24,26). The lowest BCUT2D eigenvalue weighted by Crippen LogP contribution is -2.14. The molecule has 0 aliphatic heterocycles. The summed E-state index contributed by atoms with van der Waals surface area (Å²) in [6.45, 7) is 0.183. The highest BCUT2D eigenvalue weighted by Gasteiger charge is 2.29. The maximum absolute atomic E-state index is 13.3. The maximum Gasteiger partial charge on any atom is 0.288 e. The van der Waals surface area contributed by atoms with E-state index in [0.29, 0.717) is 10.0 Å². The molecule has 0 atom stereocenters. The van der Waals surface area contributed by atoms with Crippen LogP contribution in [0.3, 0.4) is 0 Å². The van der Waals surface area contributed by atoms with Crippen molar-refractivity contribution in [2.24, 2.45) is 0 Å². The second kappa shape index (κ2) is 7.22. The molecule has 0 saturated carbocycles. The number of aromatic amines is 1. The first kappa shape index (κ1) is 19.5. The summed E-state index contributed by atoms with van der Waals surface area (Å²) in [5, 5.41) is 7.20. The van der Waals surface area contributed by atoms with Crippen molar-refractivity contribution in [1.29, 1.82) is 0 Å². The molecule has 10 heteroatoms. The topological polar surface area (TPSA) is 111 Å². The number of aromatic nitrogens is 3. The van der Waals surface area contributed by atoms with Crippen molar-refractivity contribution in [3.05, 3.63) is 80.7 Å². The molecular formula is C19H14Cl2N4O3S. The van der Waals surface area contributed by atoms with E-state index in [2.05, 4.69) is 10.2 Å². The van der Waals surface area contributed by atoms with Crippen LogP contribution in [0, 0.1) is 0 Å². The van der Waals surface area contributed by atoms with Crippen molar-refractivity contribution < 1.29 is 8.42 Å². The van der Waals surface area contributed by atoms with Gasteiger partial charge in [0.05, 0.1) is 11.1 Å². The predicted octanol–water partition coefficient (Wildman–Crippen LogP) is 3.49. The maximum atomic E-state index is 13.3. The number of rotatable bonds is 4. The van der Waals surface area contributed by atoms with Crippen molar-refractivity contribution in [3.63, 3.8) is 0 Å². The number of hydrogen-bond donors (Lipinski definition) is 2. The Morgan fingerprint density at radius 3 is 2.21 bits per heavy atom. The summed E-state index contributed by atoms with van der Waals surface area (Å²) in [4.78, 5) is 12.3. The Morgan fingerprint density at radius 1 is 1.00 bits per heavy atom. The number of fused-ring (bicyclic) bond motifs is 1. The summed E-state index contributed by atoms with van der Waals surface area (Å²) in [7, 11) is -4.03. The molecule has 0 unspecified atom stereocenters. The molecule has 0 saturated heterocycles. The summed E-state index contributed by atoms with van der Waals surface area (Å²) in [6, 6.07) is 12.7. The van der Waals surface area contributed by atoms with Gasteiger partial charge in [-0.15, -0.1) is 0 Å². The van der Waals surface area contributed by atoms with Crippen LogP contribution in [0.2, 0.25) is 10.0 Å². The van der Waals surface area contributed by atoms with Gasteiger partial charge in [-0.05, 0) is 42.0 Å². The van der Waals surface area contributed by atoms with Crippen molar-refractivity contribution in [1.82, 2.24) is 14.8 Å². The minimum atomic E-state index is -4.03. The van der Waals surface area contributed by atoms with E-state index >= 15 is 0 Å². The van der Waals surface area contributed by atoms with Gasteiger partial charge in [0, 0.05) is 22.0 Å². The zero-order valence-corrected chi connectivity index (χ0v) is 17.1. The molecule has 7 nitrogen and oxygen atoms in total. The first-order valence-corrected chi connectivity index (χ1v) is 10.6. The average molecular weight is 449 g/mol. The number of H-pyrrole nitrogens is 1. The quantitative estimate of drug-likeness (QED) is 0.496. The fourth-order valence-corrected chi connectivity index (χ4v) is 4.96. The van der Waals surface area contributed by atoms with Gasteiger partial charge in [-0.1, -0.05) is 35.3 Å². The molecule has 0 aliphatic carbocycles. The van der Waals surface area contributed by atoms with Crippen LogP contribution in [0.1, 0.15) is 5.56 Å². The molecule has 2 heterocycles. The molecule has 0 radical (unpaired) electrons. The minimum absolute atomic E-state index is 0.0134. The Bertz CT molecular complexity index is 1380. The van der Waals surface area contributed by atoms with Gasteiger partial charge >= 0.3 is 0 Å². The third-order valence-corrected chi connectivity index (χ3v) is 6.88. The highest BCUT2D eigenvalue weighted by molar-refractivity contribution is 7.92. The van der Waals surface area contributed by atoms with Crippen molar-refractivity contribution in [2.75, 3.05) is 5.73 Å². The molecule has 29 heavy (non-hydrogen) atoms. The van der Waals surface area contributed by atoms with Crippen LogP contribution in [0.5, 0.6) is 0 Å². The van der Waals surface area contributed by atoms with Crippen LogP contribution in [0.4, 0.5) is 5.82 Å². The van der Waals surface area contributed by atoms with Gasteiger partial charge in [-0.25, -0.2) is 13.5 Å². The van der Waals surface area contributed by atoms with E-state index in [-0.39, 0.29) is 33.1 Å². The van der Waals surface area contributed by atoms with E-state index in [4.69, 9.17) is 28.9 Å². The Morgan fingerprint density at radius 2 is 1.59 bits per heavy atom. The first-order valence-electron chi connectivity index (χ1n) is 8.39. The number of nitrogen functional groups attached to an aromatic ring is 1. The van der Waals surface area contributed by atoms with Gasteiger partial charge in [0.2, 0.25) is 9.84 Å². The van der Waals surface area contributed by atoms with Crippen molar-refractivity contribution >= 4 is 49.8 Å². The van der Waals surface area contributed by atoms with Crippen LogP contribution in [-0.4, -0.2) is 23.2 Å². The first-order chi connectivity index (χ1) is 13.8. The van der Waals surface area contributed by atoms with E-state index in [9.17, 15) is 13.2 Å². The number of sulfone groups is 1. The number of nitrogens with zero attached hydrogens (tertiary/aromatic N) is 2. The number of nitrogens with two attached hydrogens (primary N) is 1. The number of benzene rings is 2. The zero-order chi connectivity index (χ0) is 20.8. The summed E-state index contributed by atoms with van der Waals surface area (Å²) < 4.78 is 28.1. The third-order valence-electron chi connectivity index (χ3n) is 4.51. The molecule has 4 rings (SSSR count). The Labute approximate surface area is 175 Å². The third kappa shape index (κ3) is 3.39. The number of nitrogens with one attached hydrogen (secondary N) is 1. The van der Waals surface area contributed by atoms with Gasteiger partial charge in [0.1, 0.15) is 16.2 Å². The molecule has 0 fully saturated rings. The lowest BCUT2D eigenvalue weighted by atomic mass is 10.2. The number of anilines is 1. The second-order valence-corrected chi connectivity index (χ2v) is 9.11. The van der Waals surface area contributed by atoms with E-state index < -0.39 is 15.4 Å². The lowest BCUT2D eigenvalue weighted by molar-refractivity contribution is 0.597.